The number of hydrogen-bond acceptors (Lipinski definition) is 2. The molecular formula is C21H28Cl2N2. The van der Waals surface area contributed by atoms with E-state index in [1.54, 1.807) is 0 Å². The normalized spacial score (nSPS) is 15.5. The van der Waals surface area contributed by atoms with Gasteiger partial charge in [0.1, 0.15) is 0 Å². The predicted octanol–water partition coefficient (Wildman–Crippen LogP) is 5.11. The van der Waals surface area contributed by atoms with Gasteiger partial charge in [-0.05, 0) is 29.5 Å². The number of hydrogen-bond donors (Lipinski definition) is 1. The van der Waals surface area contributed by atoms with Gasteiger partial charge in [0.25, 0.3) is 0 Å². The first-order valence-electron chi connectivity index (χ1n) is 8.59. The Kier molecular flexibility index (Phi) is 9.84. The van der Waals surface area contributed by atoms with Gasteiger partial charge < -0.3 is 5.32 Å². The van der Waals surface area contributed by atoms with Crippen LogP contribution in [-0.4, -0.2) is 31.1 Å². The molecule has 0 bridgehead atoms. The Morgan fingerprint density at radius 2 is 1.52 bits per heavy atom. The van der Waals surface area contributed by atoms with Gasteiger partial charge in [-0.2, -0.15) is 0 Å². The van der Waals surface area contributed by atoms with Crippen LogP contribution in [0.5, 0.6) is 0 Å². The molecule has 2 nitrogen and oxygen atoms in total. The van der Waals surface area contributed by atoms with Crippen molar-refractivity contribution in [1.82, 2.24) is 10.2 Å². The molecule has 1 fully saturated rings. The summed E-state index contributed by atoms with van der Waals surface area (Å²) in [6.45, 7) is 8.33. The van der Waals surface area contributed by atoms with Crippen LogP contribution in [0.2, 0.25) is 0 Å². The Morgan fingerprint density at radius 3 is 2.12 bits per heavy atom. The molecule has 4 heteroatoms. The van der Waals surface area contributed by atoms with Crippen molar-refractivity contribution in [2.75, 3.05) is 26.2 Å². The van der Waals surface area contributed by atoms with Crippen LogP contribution in [0.15, 0.2) is 67.3 Å². The number of piperazine rings is 1. The summed E-state index contributed by atoms with van der Waals surface area (Å²) in [6, 6.07) is 20.2. The van der Waals surface area contributed by atoms with Gasteiger partial charge in [0.2, 0.25) is 0 Å². The van der Waals surface area contributed by atoms with E-state index in [0.717, 1.165) is 39.0 Å². The van der Waals surface area contributed by atoms with Crippen molar-refractivity contribution in [2.24, 2.45) is 0 Å². The van der Waals surface area contributed by atoms with Gasteiger partial charge in [0.15, 0.2) is 0 Å². The van der Waals surface area contributed by atoms with Crippen molar-refractivity contribution < 1.29 is 0 Å². The van der Waals surface area contributed by atoms with Crippen molar-refractivity contribution in [3.8, 4) is 11.1 Å². The Morgan fingerprint density at radius 1 is 0.920 bits per heavy atom. The van der Waals surface area contributed by atoms with Crippen LogP contribution >= 0.6 is 24.8 Å². The van der Waals surface area contributed by atoms with Crippen LogP contribution < -0.4 is 5.32 Å². The molecule has 0 aromatic heterocycles. The molecule has 0 spiro atoms. The van der Waals surface area contributed by atoms with E-state index in [4.69, 9.17) is 0 Å². The van der Waals surface area contributed by atoms with E-state index < -0.39 is 0 Å². The Bertz CT molecular complexity index is 608. The number of benzene rings is 2. The second-order valence-electron chi connectivity index (χ2n) is 6.16. The monoisotopic (exact) mass is 378 g/mol. The fraction of sp³-hybridized carbons (Fsp3) is 0.333. The van der Waals surface area contributed by atoms with Crippen LogP contribution in [0.25, 0.3) is 11.1 Å². The molecule has 1 aliphatic heterocycles. The standard InChI is InChI=1S/C21H26N2.2ClH/c1-2-3-9-21(23-16-14-22-15-17-23)20-12-10-19(11-13-20)18-7-5-4-6-8-18;;/h2,4-8,10-13,21-22H,1,3,9,14-17H2;2*1H/t21-;;/m1../s1. The van der Waals surface area contributed by atoms with E-state index in [1.165, 1.54) is 16.7 Å². The lowest BCUT2D eigenvalue weighted by atomic mass is 9.96. The van der Waals surface area contributed by atoms with Crippen LogP contribution in [0.4, 0.5) is 0 Å². The summed E-state index contributed by atoms with van der Waals surface area (Å²) in [7, 11) is 0. The molecule has 1 atom stereocenters. The number of nitrogens with zero attached hydrogens (tertiary/aromatic N) is 1. The minimum absolute atomic E-state index is 0. The third-order valence-electron chi connectivity index (χ3n) is 4.64. The zero-order chi connectivity index (χ0) is 15.9. The quantitative estimate of drug-likeness (QED) is 0.702. The number of allylic oxidation sites excluding steroid dienone is 1. The minimum Gasteiger partial charge on any atom is -0.314 e. The second-order valence-corrected chi connectivity index (χ2v) is 6.16. The number of halogens is 2. The highest BCUT2D eigenvalue weighted by Gasteiger charge is 2.21. The molecule has 0 unspecified atom stereocenters. The van der Waals surface area contributed by atoms with Gasteiger partial charge in [-0.1, -0.05) is 60.7 Å². The van der Waals surface area contributed by atoms with Crippen LogP contribution in [0.3, 0.4) is 0 Å². The summed E-state index contributed by atoms with van der Waals surface area (Å²) < 4.78 is 0. The molecule has 1 heterocycles. The zero-order valence-corrected chi connectivity index (χ0v) is 16.2. The molecule has 0 amide bonds. The highest BCUT2D eigenvalue weighted by molar-refractivity contribution is 5.85. The van der Waals surface area contributed by atoms with Gasteiger partial charge in [0, 0.05) is 32.2 Å². The largest absolute Gasteiger partial charge is 0.314 e. The summed E-state index contributed by atoms with van der Waals surface area (Å²) in [4.78, 5) is 2.61. The Balaban J connectivity index is 0.00000156. The molecular weight excluding hydrogens is 351 g/mol. The SMILES string of the molecule is C=CCC[C@H](c1ccc(-c2ccccc2)cc1)N1CCNCC1.Cl.Cl. The summed E-state index contributed by atoms with van der Waals surface area (Å²) in [5.41, 5.74) is 3.99. The van der Waals surface area contributed by atoms with Crippen molar-refractivity contribution in [3.05, 3.63) is 72.8 Å². The maximum absolute atomic E-state index is 3.89. The third kappa shape index (κ3) is 5.86. The molecule has 1 saturated heterocycles. The van der Waals surface area contributed by atoms with Gasteiger partial charge >= 0.3 is 0 Å². The molecule has 0 aliphatic carbocycles. The van der Waals surface area contributed by atoms with Crippen molar-refractivity contribution in [1.29, 1.82) is 0 Å². The smallest absolute Gasteiger partial charge is 0.0352 e. The Labute approximate surface area is 164 Å². The minimum atomic E-state index is 0. The Hall–Kier alpha value is -1.32. The molecule has 3 rings (SSSR count). The molecule has 2 aromatic rings. The van der Waals surface area contributed by atoms with Crippen LogP contribution in [-0.2, 0) is 0 Å². The van der Waals surface area contributed by atoms with E-state index in [9.17, 15) is 0 Å². The summed E-state index contributed by atoms with van der Waals surface area (Å²) >= 11 is 0. The fourth-order valence-electron chi connectivity index (χ4n) is 3.36. The first-order valence-corrected chi connectivity index (χ1v) is 8.59. The highest BCUT2D eigenvalue weighted by atomic mass is 35.5. The number of rotatable bonds is 6. The summed E-state index contributed by atoms with van der Waals surface area (Å²) in [6.07, 6.45) is 4.25. The first kappa shape index (κ1) is 21.7. The van der Waals surface area contributed by atoms with Gasteiger partial charge in [0.05, 0.1) is 0 Å². The maximum Gasteiger partial charge on any atom is 0.0352 e. The summed E-state index contributed by atoms with van der Waals surface area (Å²) in [5.74, 6) is 0. The molecule has 25 heavy (non-hydrogen) atoms. The van der Waals surface area contributed by atoms with Crippen molar-refractivity contribution >= 4 is 24.8 Å². The number of nitrogens with one attached hydrogen (secondary N) is 1. The molecule has 0 saturated carbocycles. The van der Waals surface area contributed by atoms with Crippen LogP contribution in [0, 0.1) is 0 Å². The molecule has 136 valence electrons. The molecule has 2 aromatic carbocycles. The third-order valence-corrected chi connectivity index (χ3v) is 4.64. The summed E-state index contributed by atoms with van der Waals surface area (Å²) in [5, 5.41) is 3.45. The lowest BCUT2D eigenvalue weighted by Crippen LogP contribution is -2.45. The average molecular weight is 379 g/mol. The van der Waals surface area contributed by atoms with Crippen molar-refractivity contribution in [2.45, 2.75) is 18.9 Å². The van der Waals surface area contributed by atoms with Crippen molar-refractivity contribution in [3.63, 3.8) is 0 Å². The zero-order valence-electron chi connectivity index (χ0n) is 14.6. The van der Waals surface area contributed by atoms with E-state index in [-0.39, 0.29) is 24.8 Å². The van der Waals surface area contributed by atoms with E-state index in [2.05, 4.69) is 71.4 Å². The predicted molar refractivity (Wildman–Crippen MR) is 113 cm³/mol. The van der Waals surface area contributed by atoms with E-state index in [1.807, 2.05) is 6.08 Å². The van der Waals surface area contributed by atoms with Crippen LogP contribution in [0.1, 0.15) is 24.4 Å². The van der Waals surface area contributed by atoms with Gasteiger partial charge in [-0.25, -0.2) is 0 Å². The topological polar surface area (TPSA) is 15.3 Å². The lowest BCUT2D eigenvalue weighted by Gasteiger charge is -2.35. The first-order chi connectivity index (χ1) is 11.4. The second kappa shape index (κ2) is 11.3. The fourth-order valence-corrected chi connectivity index (χ4v) is 3.36. The van der Waals surface area contributed by atoms with E-state index in [0.29, 0.717) is 6.04 Å². The lowest BCUT2D eigenvalue weighted by molar-refractivity contribution is 0.166. The molecule has 1 aliphatic rings. The van der Waals surface area contributed by atoms with E-state index >= 15 is 0 Å². The highest BCUT2D eigenvalue weighted by Crippen LogP contribution is 2.28. The average Bonchev–Trinajstić information content (AvgIpc) is 2.64. The molecule has 1 N–H and O–H groups in total. The van der Waals surface area contributed by atoms with Gasteiger partial charge in [-0.15, -0.1) is 31.4 Å². The van der Waals surface area contributed by atoms with Gasteiger partial charge in [-0.3, -0.25) is 4.90 Å². The molecule has 0 radical (unpaired) electrons. The maximum atomic E-state index is 3.89.